The van der Waals surface area contributed by atoms with Crippen LogP contribution >= 0.6 is 11.8 Å². The topological polar surface area (TPSA) is 70.1 Å². The van der Waals surface area contributed by atoms with E-state index >= 15 is 0 Å². The second-order valence-corrected chi connectivity index (χ2v) is 6.10. The first-order valence-electron chi connectivity index (χ1n) is 6.48. The highest BCUT2D eigenvalue weighted by molar-refractivity contribution is 7.99. The van der Waals surface area contributed by atoms with Crippen LogP contribution in [0.2, 0.25) is 0 Å². The van der Waals surface area contributed by atoms with Crippen molar-refractivity contribution in [1.82, 2.24) is 9.80 Å². The van der Waals surface area contributed by atoms with E-state index in [2.05, 4.69) is 0 Å². The first-order valence-corrected chi connectivity index (χ1v) is 7.63. The quantitative estimate of drug-likeness (QED) is 0.810. The third-order valence-corrected chi connectivity index (χ3v) is 4.82. The van der Waals surface area contributed by atoms with Gasteiger partial charge in [0, 0.05) is 31.7 Å². The van der Waals surface area contributed by atoms with Crippen molar-refractivity contribution in [2.24, 2.45) is 0 Å². The van der Waals surface area contributed by atoms with Crippen molar-refractivity contribution in [3.8, 4) is 0 Å². The van der Waals surface area contributed by atoms with E-state index in [9.17, 15) is 14.7 Å². The Morgan fingerprint density at radius 2 is 2.21 bits per heavy atom. The molecule has 19 heavy (non-hydrogen) atoms. The molecule has 0 aliphatic carbocycles. The van der Waals surface area contributed by atoms with Gasteiger partial charge in [-0.25, -0.2) is 9.59 Å². The molecule has 2 saturated heterocycles. The second-order valence-electron chi connectivity index (χ2n) is 4.95. The number of urea groups is 1. The lowest BCUT2D eigenvalue weighted by Gasteiger charge is -2.37. The Morgan fingerprint density at radius 1 is 1.47 bits per heavy atom. The van der Waals surface area contributed by atoms with Gasteiger partial charge in [-0.05, 0) is 13.3 Å². The molecule has 3 unspecified atom stereocenters. The zero-order valence-corrected chi connectivity index (χ0v) is 12.1. The van der Waals surface area contributed by atoms with Crippen LogP contribution in [0.1, 0.15) is 13.3 Å². The Hall–Kier alpha value is -0.950. The summed E-state index contributed by atoms with van der Waals surface area (Å²) >= 11 is 1.58. The van der Waals surface area contributed by atoms with Gasteiger partial charge in [0.25, 0.3) is 0 Å². The SMILES string of the molecule is CC1OCCC1N(C)C(=O)N1CCSCC1C(=O)O. The molecule has 6 nitrogen and oxygen atoms in total. The van der Waals surface area contributed by atoms with Gasteiger partial charge in [-0.2, -0.15) is 11.8 Å². The Balaban J connectivity index is 2.06. The molecule has 0 aromatic rings. The molecule has 0 saturated carbocycles. The number of ether oxygens (including phenoxy) is 1. The monoisotopic (exact) mass is 288 g/mol. The Morgan fingerprint density at radius 3 is 2.79 bits per heavy atom. The van der Waals surface area contributed by atoms with Crippen LogP contribution in [0.5, 0.6) is 0 Å². The van der Waals surface area contributed by atoms with E-state index in [0.717, 1.165) is 12.2 Å². The number of rotatable bonds is 2. The maximum absolute atomic E-state index is 12.5. The molecular weight excluding hydrogens is 268 g/mol. The summed E-state index contributed by atoms with van der Waals surface area (Å²) in [5.41, 5.74) is 0. The fraction of sp³-hybridized carbons (Fsp3) is 0.833. The molecule has 7 heteroatoms. The number of aliphatic carboxylic acids is 1. The van der Waals surface area contributed by atoms with Gasteiger partial charge in [-0.1, -0.05) is 0 Å². The molecule has 0 bridgehead atoms. The molecule has 108 valence electrons. The summed E-state index contributed by atoms with van der Waals surface area (Å²) in [6.45, 7) is 3.09. The van der Waals surface area contributed by atoms with Crippen molar-refractivity contribution in [3.05, 3.63) is 0 Å². The fourth-order valence-corrected chi connectivity index (χ4v) is 3.65. The number of carbonyl (C=O) groups is 2. The van der Waals surface area contributed by atoms with Crippen LogP contribution in [0.15, 0.2) is 0 Å². The predicted octanol–water partition coefficient (Wildman–Crippen LogP) is 0.718. The van der Waals surface area contributed by atoms with Crippen molar-refractivity contribution >= 4 is 23.8 Å². The molecule has 2 amide bonds. The predicted molar refractivity (Wildman–Crippen MR) is 72.4 cm³/mol. The summed E-state index contributed by atoms with van der Waals surface area (Å²) in [6.07, 6.45) is 0.820. The number of carboxylic acid groups (broad SMARTS) is 1. The summed E-state index contributed by atoms with van der Waals surface area (Å²) in [5.74, 6) is 0.329. The number of amides is 2. The van der Waals surface area contributed by atoms with Gasteiger partial charge in [0.05, 0.1) is 12.1 Å². The average Bonchev–Trinajstić information content (AvgIpc) is 2.83. The molecule has 0 spiro atoms. The summed E-state index contributed by atoms with van der Waals surface area (Å²) in [4.78, 5) is 26.8. The zero-order chi connectivity index (χ0) is 14.0. The molecule has 2 aliphatic rings. The molecule has 2 rings (SSSR count). The van der Waals surface area contributed by atoms with Crippen LogP contribution < -0.4 is 0 Å². The molecule has 0 radical (unpaired) electrons. The molecule has 1 N–H and O–H groups in total. The molecule has 0 aromatic carbocycles. The van der Waals surface area contributed by atoms with E-state index in [1.54, 1.807) is 23.7 Å². The summed E-state index contributed by atoms with van der Waals surface area (Å²) < 4.78 is 5.47. The van der Waals surface area contributed by atoms with E-state index in [4.69, 9.17) is 4.74 Å². The lowest BCUT2D eigenvalue weighted by atomic mass is 10.1. The van der Waals surface area contributed by atoms with E-state index in [1.165, 1.54) is 4.90 Å². The third-order valence-electron chi connectivity index (χ3n) is 3.79. The van der Waals surface area contributed by atoms with Crippen LogP contribution in [0.4, 0.5) is 4.79 Å². The van der Waals surface area contributed by atoms with Crippen molar-refractivity contribution in [3.63, 3.8) is 0 Å². The number of thioether (sulfide) groups is 1. The van der Waals surface area contributed by atoms with Crippen LogP contribution in [-0.4, -0.2) is 76.8 Å². The second kappa shape index (κ2) is 6.00. The van der Waals surface area contributed by atoms with Crippen LogP contribution in [0.25, 0.3) is 0 Å². The highest BCUT2D eigenvalue weighted by Crippen LogP contribution is 2.23. The number of hydrogen-bond donors (Lipinski definition) is 1. The lowest BCUT2D eigenvalue weighted by Crippen LogP contribution is -2.56. The molecule has 2 aliphatic heterocycles. The number of carbonyl (C=O) groups excluding carboxylic acids is 1. The third kappa shape index (κ3) is 2.97. The van der Waals surface area contributed by atoms with E-state index in [0.29, 0.717) is 18.9 Å². The number of carboxylic acids is 1. The maximum atomic E-state index is 12.5. The molecule has 2 heterocycles. The zero-order valence-electron chi connectivity index (χ0n) is 11.2. The van der Waals surface area contributed by atoms with Crippen molar-refractivity contribution < 1.29 is 19.4 Å². The highest BCUT2D eigenvalue weighted by atomic mass is 32.2. The van der Waals surface area contributed by atoms with E-state index in [1.807, 2.05) is 6.92 Å². The molecule has 0 aromatic heterocycles. The van der Waals surface area contributed by atoms with E-state index in [-0.39, 0.29) is 18.2 Å². The van der Waals surface area contributed by atoms with Gasteiger partial charge in [-0.15, -0.1) is 0 Å². The van der Waals surface area contributed by atoms with Gasteiger partial charge in [0.1, 0.15) is 6.04 Å². The minimum Gasteiger partial charge on any atom is -0.480 e. The average molecular weight is 288 g/mol. The summed E-state index contributed by atoms with van der Waals surface area (Å²) in [5, 5.41) is 9.21. The smallest absolute Gasteiger partial charge is 0.327 e. The molecular formula is C12H20N2O4S. The minimum absolute atomic E-state index is 0.0105. The molecule has 3 atom stereocenters. The number of hydrogen-bond acceptors (Lipinski definition) is 4. The van der Waals surface area contributed by atoms with Crippen LogP contribution in [0.3, 0.4) is 0 Å². The largest absolute Gasteiger partial charge is 0.480 e. The first-order chi connectivity index (χ1) is 9.02. The van der Waals surface area contributed by atoms with Crippen LogP contribution in [-0.2, 0) is 9.53 Å². The van der Waals surface area contributed by atoms with Crippen molar-refractivity contribution in [2.45, 2.75) is 31.5 Å². The highest BCUT2D eigenvalue weighted by Gasteiger charge is 2.38. The fourth-order valence-electron chi connectivity index (χ4n) is 2.61. The van der Waals surface area contributed by atoms with Crippen molar-refractivity contribution in [2.75, 3.05) is 31.7 Å². The first kappa shape index (κ1) is 14.5. The molecule has 2 fully saturated rings. The normalized spacial score (nSPS) is 31.3. The summed E-state index contributed by atoms with van der Waals surface area (Å²) in [6, 6.07) is -0.877. The van der Waals surface area contributed by atoms with Crippen molar-refractivity contribution in [1.29, 1.82) is 0 Å². The minimum atomic E-state index is -0.926. The maximum Gasteiger partial charge on any atom is 0.327 e. The summed E-state index contributed by atoms with van der Waals surface area (Å²) in [7, 11) is 1.73. The van der Waals surface area contributed by atoms with Gasteiger partial charge in [0.2, 0.25) is 0 Å². The Kier molecular flexibility index (Phi) is 4.57. The van der Waals surface area contributed by atoms with Gasteiger partial charge in [0.15, 0.2) is 0 Å². The standard InChI is InChI=1S/C12H20N2O4S/c1-8-9(3-5-18-8)13(2)12(17)14-4-6-19-7-10(14)11(15)16/h8-10H,3-7H2,1-2H3,(H,15,16). The Bertz CT molecular complexity index is 366. The van der Waals surface area contributed by atoms with Gasteiger partial charge < -0.3 is 19.6 Å². The van der Waals surface area contributed by atoms with Gasteiger partial charge in [-0.3, -0.25) is 0 Å². The number of nitrogens with zero attached hydrogens (tertiary/aromatic N) is 2. The van der Waals surface area contributed by atoms with E-state index < -0.39 is 12.0 Å². The van der Waals surface area contributed by atoms with Crippen LogP contribution in [0, 0.1) is 0 Å². The number of likely N-dealkylation sites (N-methyl/N-ethyl adjacent to an activating group) is 1. The Labute approximate surface area is 117 Å². The van der Waals surface area contributed by atoms with Gasteiger partial charge >= 0.3 is 12.0 Å². The lowest BCUT2D eigenvalue weighted by molar-refractivity contribution is -0.141.